The molecule has 0 heterocycles. The van der Waals surface area contributed by atoms with Crippen LogP contribution < -0.4 is 0 Å². The molecule has 0 radical (unpaired) electrons. The zero-order valence-electron chi connectivity index (χ0n) is 8.35. The molecule has 0 aromatic heterocycles. The molecule has 0 spiro atoms. The van der Waals surface area contributed by atoms with Crippen LogP contribution in [0.1, 0.15) is 20.8 Å². The molecule has 0 aliphatic rings. The molecule has 0 amide bonds. The largest absolute Gasteiger partial charge is 0.0985 e. The zero-order valence-corrected chi connectivity index (χ0v) is 8.35. The molecule has 0 atom stereocenters. The van der Waals surface area contributed by atoms with E-state index in [0.717, 1.165) is 11.1 Å². The second kappa shape index (κ2) is 4.76. The van der Waals surface area contributed by atoms with Crippen molar-refractivity contribution in [2.75, 3.05) is 0 Å². The monoisotopic (exact) mass is 162 g/mol. The minimum Gasteiger partial charge on any atom is -0.0985 e. The van der Waals surface area contributed by atoms with Crippen molar-refractivity contribution in [1.29, 1.82) is 0 Å². The van der Waals surface area contributed by atoms with Crippen LogP contribution >= 0.6 is 0 Å². The highest BCUT2D eigenvalue weighted by Gasteiger charge is 2.02. The standard InChI is InChI=1S/C12H18/c1-7-11(6)8-12(9(2)3)10(4)5/h7-8,10H,1-2,6H2,3-5H3/b12-8+. The van der Waals surface area contributed by atoms with Gasteiger partial charge in [0.25, 0.3) is 0 Å². The minimum absolute atomic E-state index is 0.499. The third kappa shape index (κ3) is 3.38. The van der Waals surface area contributed by atoms with E-state index in [1.165, 1.54) is 5.57 Å². The summed E-state index contributed by atoms with van der Waals surface area (Å²) in [6, 6.07) is 0. The molecule has 0 saturated heterocycles. The maximum Gasteiger partial charge on any atom is -0.0216 e. The third-order valence-electron chi connectivity index (χ3n) is 1.72. The quantitative estimate of drug-likeness (QED) is 0.550. The molecule has 0 aliphatic carbocycles. The molecule has 0 nitrogen and oxygen atoms in total. The van der Waals surface area contributed by atoms with Crippen LogP contribution in [0.15, 0.2) is 48.6 Å². The summed E-state index contributed by atoms with van der Waals surface area (Å²) in [4.78, 5) is 0. The predicted molar refractivity (Wildman–Crippen MR) is 57.1 cm³/mol. The summed E-state index contributed by atoms with van der Waals surface area (Å²) >= 11 is 0. The van der Waals surface area contributed by atoms with Gasteiger partial charge in [0.2, 0.25) is 0 Å². The van der Waals surface area contributed by atoms with Crippen molar-refractivity contribution >= 4 is 0 Å². The maximum absolute atomic E-state index is 3.92. The van der Waals surface area contributed by atoms with Gasteiger partial charge in [0.15, 0.2) is 0 Å². The first-order chi connectivity index (χ1) is 5.49. The Morgan fingerprint density at radius 3 is 2.00 bits per heavy atom. The maximum atomic E-state index is 3.92. The lowest BCUT2D eigenvalue weighted by Gasteiger charge is -2.10. The van der Waals surface area contributed by atoms with Crippen molar-refractivity contribution < 1.29 is 0 Å². The molecule has 66 valence electrons. The van der Waals surface area contributed by atoms with E-state index in [-0.39, 0.29) is 0 Å². The van der Waals surface area contributed by atoms with E-state index in [1.807, 2.05) is 13.0 Å². The molecule has 0 N–H and O–H groups in total. The van der Waals surface area contributed by atoms with Gasteiger partial charge in [-0.3, -0.25) is 0 Å². The summed E-state index contributed by atoms with van der Waals surface area (Å²) < 4.78 is 0. The summed E-state index contributed by atoms with van der Waals surface area (Å²) in [5.41, 5.74) is 3.30. The van der Waals surface area contributed by atoms with Gasteiger partial charge in [-0.15, -0.1) is 0 Å². The highest BCUT2D eigenvalue weighted by Crippen LogP contribution is 2.19. The molecule has 0 rings (SSSR count). The van der Waals surface area contributed by atoms with Gasteiger partial charge in [0.1, 0.15) is 0 Å². The van der Waals surface area contributed by atoms with Crippen LogP contribution in [0.3, 0.4) is 0 Å². The third-order valence-corrected chi connectivity index (χ3v) is 1.72. The molecule has 0 saturated carbocycles. The first kappa shape index (κ1) is 11.0. The van der Waals surface area contributed by atoms with E-state index in [1.54, 1.807) is 6.08 Å². The van der Waals surface area contributed by atoms with Crippen molar-refractivity contribution in [3.8, 4) is 0 Å². The molecular weight excluding hydrogens is 144 g/mol. The molecule has 0 heteroatoms. The highest BCUT2D eigenvalue weighted by atomic mass is 14.1. The smallest absolute Gasteiger partial charge is 0.0216 e. The number of rotatable bonds is 4. The molecule has 0 aromatic rings. The Kier molecular flexibility index (Phi) is 4.35. The van der Waals surface area contributed by atoms with Gasteiger partial charge in [0, 0.05) is 0 Å². The van der Waals surface area contributed by atoms with Gasteiger partial charge in [0.05, 0.1) is 0 Å². The van der Waals surface area contributed by atoms with Crippen molar-refractivity contribution in [3.05, 3.63) is 48.6 Å². The molecule has 0 aromatic carbocycles. The summed E-state index contributed by atoms with van der Waals surface area (Å²) in [6.45, 7) is 17.7. The second-order valence-corrected chi connectivity index (χ2v) is 3.31. The van der Waals surface area contributed by atoms with Crippen LogP contribution in [0.2, 0.25) is 0 Å². The molecule has 12 heavy (non-hydrogen) atoms. The Morgan fingerprint density at radius 1 is 1.25 bits per heavy atom. The summed E-state index contributed by atoms with van der Waals surface area (Å²) in [6.07, 6.45) is 3.80. The molecule has 0 fully saturated rings. The van der Waals surface area contributed by atoms with E-state index in [0.29, 0.717) is 5.92 Å². The topological polar surface area (TPSA) is 0 Å². The van der Waals surface area contributed by atoms with Gasteiger partial charge in [-0.2, -0.15) is 0 Å². The average molecular weight is 162 g/mol. The van der Waals surface area contributed by atoms with Crippen LogP contribution in [-0.4, -0.2) is 0 Å². The van der Waals surface area contributed by atoms with Crippen LogP contribution in [0, 0.1) is 5.92 Å². The fourth-order valence-electron chi connectivity index (χ4n) is 1.04. The summed E-state index contributed by atoms with van der Waals surface area (Å²) in [5.74, 6) is 0.499. The Bertz CT molecular complexity index is 226. The predicted octanol–water partition coefficient (Wildman–Crippen LogP) is 3.89. The highest BCUT2D eigenvalue weighted by molar-refractivity contribution is 5.38. The average Bonchev–Trinajstić information content (AvgIpc) is 1.98. The Hall–Kier alpha value is -1.04. The minimum atomic E-state index is 0.499. The van der Waals surface area contributed by atoms with Gasteiger partial charge < -0.3 is 0 Å². The Balaban J connectivity index is 4.73. The summed E-state index contributed by atoms with van der Waals surface area (Å²) in [7, 11) is 0. The van der Waals surface area contributed by atoms with Crippen LogP contribution in [0.5, 0.6) is 0 Å². The van der Waals surface area contributed by atoms with Gasteiger partial charge in [-0.05, 0) is 24.0 Å². The SMILES string of the molecule is C=CC(=C)/C=C(\C(=C)C)C(C)C. The number of hydrogen-bond acceptors (Lipinski definition) is 0. The van der Waals surface area contributed by atoms with Gasteiger partial charge in [-0.25, -0.2) is 0 Å². The fourth-order valence-corrected chi connectivity index (χ4v) is 1.04. The lowest BCUT2D eigenvalue weighted by atomic mass is 9.95. The molecule has 0 bridgehead atoms. The first-order valence-electron chi connectivity index (χ1n) is 4.17. The Labute approximate surface area is 76.0 Å². The van der Waals surface area contributed by atoms with Crippen LogP contribution in [0.25, 0.3) is 0 Å². The van der Waals surface area contributed by atoms with E-state index in [4.69, 9.17) is 0 Å². The lowest BCUT2D eigenvalue weighted by molar-refractivity contribution is 0.778. The normalized spacial score (nSPS) is 11.5. The first-order valence-corrected chi connectivity index (χ1v) is 4.17. The van der Waals surface area contributed by atoms with E-state index < -0.39 is 0 Å². The second-order valence-electron chi connectivity index (χ2n) is 3.31. The zero-order chi connectivity index (χ0) is 9.72. The van der Waals surface area contributed by atoms with E-state index in [9.17, 15) is 0 Å². The summed E-state index contributed by atoms with van der Waals surface area (Å²) in [5, 5.41) is 0. The Morgan fingerprint density at radius 2 is 1.75 bits per heavy atom. The van der Waals surface area contributed by atoms with Crippen molar-refractivity contribution in [2.45, 2.75) is 20.8 Å². The van der Waals surface area contributed by atoms with Crippen LogP contribution in [-0.2, 0) is 0 Å². The van der Waals surface area contributed by atoms with E-state index >= 15 is 0 Å². The van der Waals surface area contributed by atoms with E-state index in [2.05, 4.69) is 33.6 Å². The van der Waals surface area contributed by atoms with Gasteiger partial charge >= 0.3 is 0 Å². The number of allylic oxidation sites excluding steroid dienone is 5. The molecular formula is C12H18. The van der Waals surface area contributed by atoms with Crippen molar-refractivity contribution in [2.24, 2.45) is 5.92 Å². The molecule has 0 unspecified atom stereocenters. The van der Waals surface area contributed by atoms with Crippen molar-refractivity contribution in [3.63, 3.8) is 0 Å². The lowest BCUT2D eigenvalue weighted by Crippen LogP contribution is -1.95. The van der Waals surface area contributed by atoms with Crippen molar-refractivity contribution in [1.82, 2.24) is 0 Å². The molecule has 0 aliphatic heterocycles. The van der Waals surface area contributed by atoms with Crippen LogP contribution in [0.4, 0.5) is 0 Å². The van der Waals surface area contributed by atoms with Gasteiger partial charge in [-0.1, -0.05) is 51.3 Å². The number of hydrogen-bond donors (Lipinski definition) is 0. The fraction of sp³-hybridized carbons (Fsp3) is 0.333.